The van der Waals surface area contributed by atoms with Crippen molar-refractivity contribution in [3.05, 3.63) is 94.8 Å². The topological polar surface area (TPSA) is 38.1 Å². The zero-order valence-electron chi connectivity index (χ0n) is 16.8. The van der Waals surface area contributed by atoms with Crippen LogP contribution in [0.2, 0.25) is 5.02 Å². The molecule has 30 heavy (non-hydrogen) atoms. The number of fused-ring (bicyclic) bond motifs is 1. The number of halogens is 1. The monoisotopic (exact) mass is 415 g/mol. The number of nitrogens with zero attached hydrogens (tertiary/aromatic N) is 3. The van der Waals surface area contributed by atoms with Crippen LogP contribution in [-0.2, 0) is 11.3 Å². The van der Waals surface area contributed by atoms with Gasteiger partial charge in [0.2, 0.25) is 5.91 Å². The maximum Gasteiger partial charge on any atom is 0.227 e. The summed E-state index contributed by atoms with van der Waals surface area (Å²) in [5.41, 5.74) is 5.26. The molecule has 3 aromatic carbocycles. The van der Waals surface area contributed by atoms with Crippen molar-refractivity contribution in [3.8, 4) is 0 Å². The third-order valence-electron chi connectivity index (χ3n) is 5.72. The average Bonchev–Trinajstić information content (AvgIpc) is 3.29. The smallest absolute Gasteiger partial charge is 0.227 e. The molecule has 1 amide bonds. The minimum atomic E-state index is 0.0459. The fourth-order valence-electron chi connectivity index (χ4n) is 4.32. The van der Waals surface area contributed by atoms with Crippen molar-refractivity contribution >= 4 is 34.2 Å². The van der Waals surface area contributed by atoms with E-state index < -0.39 is 0 Å². The minimum absolute atomic E-state index is 0.0459. The summed E-state index contributed by atoms with van der Waals surface area (Å²) in [5.74, 6) is 1.15. The van der Waals surface area contributed by atoms with Crippen molar-refractivity contribution in [1.82, 2.24) is 9.55 Å². The van der Waals surface area contributed by atoms with Crippen LogP contribution in [0.25, 0.3) is 11.0 Å². The predicted molar refractivity (Wildman–Crippen MR) is 121 cm³/mol. The van der Waals surface area contributed by atoms with Crippen LogP contribution in [-0.4, -0.2) is 22.0 Å². The standard InChI is InChI=1S/C25H22ClN3O/c1-17-6-4-9-21(12-17)28-16-19(14-24(28)30)25-27-22-10-2-3-11-23(22)29(25)15-18-7-5-8-20(26)13-18/h2-13,19H,14-16H2,1H3/t19-/m0/s1. The van der Waals surface area contributed by atoms with Gasteiger partial charge in [0.1, 0.15) is 5.82 Å². The molecule has 150 valence electrons. The normalized spacial score (nSPS) is 16.5. The summed E-state index contributed by atoms with van der Waals surface area (Å²) in [4.78, 5) is 19.7. The van der Waals surface area contributed by atoms with E-state index in [2.05, 4.69) is 22.8 Å². The molecule has 5 rings (SSSR count). The van der Waals surface area contributed by atoms with E-state index in [4.69, 9.17) is 16.6 Å². The SMILES string of the molecule is Cc1cccc(N2C[C@@H](c3nc4ccccc4n3Cc3cccc(Cl)c3)CC2=O)c1. The Bertz CT molecular complexity index is 1250. The van der Waals surface area contributed by atoms with Crippen molar-refractivity contribution in [1.29, 1.82) is 0 Å². The van der Waals surface area contributed by atoms with E-state index in [1.807, 2.05) is 66.4 Å². The molecule has 0 radical (unpaired) electrons. The molecule has 1 aliphatic rings. The molecule has 5 heteroatoms. The van der Waals surface area contributed by atoms with Gasteiger partial charge in [-0.3, -0.25) is 4.79 Å². The number of rotatable bonds is 4. The Kier molecular flexibility index (Phi) is 4.80. The molecule has 1 atom stereocenters. The summed E-state index contributed by atoms with van der Waals surface area (Å²) in [5, 5.41) is 0.722. The predicted octanol–water partition coefficient (Wildman–Crippen LogP) is 5.57. The number of amides is 1. The number of hydrogen-bond donors (Lipinski definition) is 0. The van der Waals surface area contributed by atoms with E-state index in [1.54, 1.807) is 0 Å². The van der Waals surface area contributed by atoms with Gasteiger partial charge in [-0.05, 0) is 54.4 Å². The summed E-state index contributed by atoms with van der Waals surface area (Å²) in [7, 11) is 0. The summed E-state index contributed by atoms with van der Waals surface area (Å²) in [6, 6.07) is 24.2. The van der Waals surface area contributed by atoms with Gasteiger partial charge in [0.25, 0.3) is 0 Å². The number of benzene rings is 3. The highest BCUT2D eigenvalue weighted by molar-refractivity contribution is 6.30. The third-order valence-corrected chi connectivity index (χ3v) is 5.95. The molecule has 1 saturated heterocycles. The van der Waals surface area contributed by atoms with E-state index in [9.17, 15) is 4.79 Å². The number of hydrogen-bond acceptors (Lipinski definition) is 2. The number of aryl methyl sites for hydroxylation is 1. The third kappa shape index (κ3) is 3.48. The van der Waals surface area contributed by atoms with Crippen LogP contribution in [0.1, 0.15) is 29.3 Å². The molecule has 0 saturated carbocycles. The molecule has 0 unspecified atom stereocenters. The second-order valence-electron chi connectivity index (χ2n) is 7.92. The molecular weight excluding hydrogens is 394 g/mol. The van der Waals surface area contributed by atoms with Gasteiger partial charge in [0, 0.05) is 36.1 Å². The van der Waals surface area contributed by atoms with E-state index in [0.717, 1.165) is 38.7 Å². The molecule has 1 aromatic heterocycles. The molecule has 4 aromatic rings. The fourth-order valence-corrected chi connectivity index (χ4v) is 4.53. The summed E-state index contributed by atoms with van der Waals surface area (Å²) >= 11 is 6.21. The van der Waals surface area contributed by atoms with Crippen LogP contribution >= 0.6 is 11.6 Å². The highest BCUT2D eigenvalue weighted by Gasteiger charge is 2.34. The molecule has 0 bridgehead atoms. The van der Waals surface area contributed by atoms with Crippen LogP contribution in [0.15, 0.2) is 72.8 Å². The Morgan fingerprint density at radius 1 is 1.03 bits per heavy atom. The van der Waals surface area contributed by atoms with Crippen LogP contribution in [0.3, 0.4) is 0 Å². The molecule has 2 heterocycles. The lowest BCUT2D eigenvalue weighted by Crippen LogP contribution is -2.24. The molecule has 0 spiro atoms. The zero-order chi connectivity index (χ0) is 20.7. The van der Waals surface area contributed by atoms with Gasteiger partial charge in [0.15, 0.2) is 0 Å². The largest absolute Gasteiger partial charge is 0.323 e. The van der Waals surface area contributed by atoms with Crippen molar-refractivity contribution in [3.63, 3.8) is 0 Å². The molecule has 0 N–H and O–H groups in total. The number of aromatic nitrogens is 2. The number of carbonyl (C=O) groups excluding carboxylic acids is 1. The van der Waals surface area contributed by atoms with E-state index in [-0.39, 0.29) is 11.8 Å². The quantitative estimate of drug-likeness (QED) is 0.437. The van der Waals surface area contributed by atoms with Gasteiger partial charge in [-0.15, -0.1) is 0 Å². The molecular formula is C25H22ClN3O. The maximum atomic E-state index is 12.9. The van der Waals surface area contributed by atoms with E-state index in [1.165, 1.54) is 0 Å². The first-order chi connectivity index (χ1) is 14.6. The Hall–Kier alpha value is -3.11. The van der Waals surface area contributed by atoms with Gasteiger partial charge in [-0.1, -0.05) is 48.0 Å². The Labute approximate surface area is 180 Å². The Morgan fingerprint density at radius 3 is 2.70 bits per heavy atom. The lowest BCUT2D eigenvalue weighted by molar-refractivity contribution is -0.117. The van der Waals surface area contributed by atoms with E-state index >= 15 is 0 Å². The minimum Gasteiger partial charge on any atom is -0.323 e. The van der Waals surface area contributed by atoms with Crippen LogP contribution < -0.4 is 4.90 Å². The Morgan fingerprint density at radius 2 is 1.87 bits per heavy atom. The van der Waals surface area contributed by atoms with Crippen molar-refractivity contribution in [2.45, 2.75) is 25.8 Å². The summed E-state index contributed by atoms with van der Waals surface area (Å²) in [6.45, 7) is 3.36. The average molecular weight is 416 g/mol. The van der Waals surface area contributed by atoms with Crippen molar-refractivity contribution in [2.24, 2.45) is 0 Å². The van der Waals surface area contributed by atoms with Gasteiger partial charge in [-0.2, -0.15) is 0 Å². The van der Waals surface area contributed by atoms with E-state index in [0.29, 0.717) is 19.5 Å². The second kappa shape index (κ2) is 7.62. The molecule has 1 fully saturated rings. The first-order valence-electron chi connectivity index (χ1n) is 10.1. The summed E-state index contributed by atoms with van der Waals surface area (Å²) in [6.07, 6.45) is 0.465. The van der Waals surface area contributed by atoms with Gasteiger partial charge in [-0.25, -0.2) is 4.98 Å². The number of anilines is 1. The number of para-hydroxylation sites is 2. The highest BCUT2D eigenvalue weighted by atomic mass is 35.5. The van der Waals surface area contributed by atoms with Gasteiger partial charge in [0.05, 0.1) is 11.0 Å². The Balaban J connectivity index is 1.53. The first-order valence-corrected chi connectivity index (χ1v) is 10.5. The van der Waals surface area contributed by atoms with Crippen molar-refractivity contribution < 1.29 is 4.79 Å². The highest BCUT2D eigenvalue weighted by Crippen LogP contribution is 2.34. The fraction of sp³-hybridized carbons (Fsp3) is 0.200. The molecule has 1 aliphatic heterocycles. The lowest BCUT2D eigenvalue weighted by atomic mass is 10.1. The molecule has 4 nitrogen and oxygen atoms in total. The molecule has 0 aliphatic carbocycles. The lowest BCUT2D eigenvalue weighted by Gasteiger charge is -2.18. The first kappa shape index (κ1) is 18.9. The van der Waals surface area contributed by atoms with Crippen LogP contribution in [0.4, 0.5) is 5.69 Å². The summed E-state index contributed by atoms with van der Waals surface area (Å²) < 4.78 is 2.23. The maximum absolute atomic E-state index is 12.9. The van der Waals surface area contributed by atoms with Crippen LogP contribution in [0.5, 0.6) is 0 Å². The van der Waals surface area contributed by atoms with Gasteiger partial charge < -0.3 is 9.47 Å². The van der Waals surface area contributed by atoms with Crippen molar-refractivity contribution in [2.75, 3.05) is 11.4 Å². The van der Waals surface area contributed by atoms with Crippen LogP contribution in [0, 0.1) is 6.92 Å². The van der Waals surface area contributed by atoms with Gasteiger partial charge >= 0.3 is 0 Å². The number of imidazole rings is 1. The second-order valence-corrected chi connectivity index (χ2v) is 8.36. The zero-order valence-corrected chi connectivity index (χ0v) is 17.5. The number of carbonyl (C=O) groups is 1.